The highest BCUT2D eigenvalue weighted by Gasteiger charge is 2.30. The first kappa shape index (κ1) is 17.7. The van der Waals surface area contributed by atoms with Gasteiger partial charge in [0, 0.05) is 12.4 Å². The van der Waals surface area contributed by atoms with Gasteiger partial charge >= 0.3 is 12.1 Å². The van der Waals surface area contributed by atoms with Gasteiger partial charge in [-0.2, -0.15) is 0 Å². The number of nitrogens with zero attached hydrogens (tertiary/aromatic N) is 6. The highest BCUT2D eigenvalue weighted by molar-refractivity contribution is 5.94. The van der Waals surface area contributed by atoms with Gasteiger partial charge in [0.05, 0.1) is 37.3 Å². The maximum Gasteiger partial charge on any atom is 0.414 e. The molecule has 2 aliphatic rings. The summed E-state index contributed by atoms with van der Waals surface area (Å²) in [7, 11) is 0. The summed E-state index contributed by atoms with van der Waals surface area (Å²) in [6.07, 6.45) is 7.49. The van der Waals surface area contributed by atoms with Gasteiger partial charge in [-0.05, 0) is 37.3 Å². The molecule has 4 heterocycles. The first-order chi connectivity index (χ1) is 14.1. The molecule has 1 amide bonds. The Bertz CT molecular complexity index is 1100. The zero-order valence-corrected chi connectivity index (χ0v) is 15.9. The summed E-state index contributed by atoms with van der Waals surface area (Å²) >= 11 is 0. The minimum Gasteiger partial charge on any atom is -0.461 e. The molecule has 0 unspecified atom stereocenters. The van der Waals surface area contributed by atoms with E-state index in [9.17, 15) is 9.59 Å². The van der Waals surface area contributed by atoms with E-state index >= 15 is 0 Å². The number of esters is 1. The molecule has 0 N–H and O–H groups in total. The van der Waals surface area contributed by atoms with E-state index in [1.54, 1.807) is 16.5 Å². The summed E-state index contributed by atoms with van der Waals surface area (Å²) in [6.45, 7) is 3.25. The number of cyclic esters (lactones) is 1. The van der Waals surface area contributed by atoms with E-state index < -0.39 is 5.97 Å². The van der Waals surface area contributed by atoms with Gasteiger partial charge in [-0.15, -0.1) is 5.10 Å². The van der Waals surface area contributed by atoms with Crippen molar-refractivity contribution in [2.75, 3.05) is 24.7 Å². The van der Waals surface area contributed by atoms with E-state index in [0.29, 0.717) is 31.3 Å². The van der Waals surface area contributed by atoms with Crippen LogP contribution < -0.4 is 4.90 Å². The lowest BCUT2D eigenvalue weighted by Gasteiger charge is -2.15. The van der Waals surface area contributed by atoms with Crippen LogP contribution in [0, 0.1) is 0 Å². The lowest BCUT2D eigenvalue weighted by atomic mass is 10.1. The van der Waals surface area contributed by atoms with Crippen molar-refractivity contribution in [2.45, 2.75) is 32.2 Å². The minimum absolute atomic E-state index is 0.159. The van der Waals surface area contributed by atoms with E-state index in [1.165, 1.54) is 11.8 Å². The number of carbonyl (C=O) groups excluding carboxylic acids is 2. The normalized spacial score (nSPS) is 16.4. The van der Waals surface area contributed by atoms with Crippen molar-refractivity contribution < 1.29 is 19.1 Å². The number of anilines is 1. The summed E-state index contributed by atoms with van der Waals surface area (Å²) in [4.78, 5) is 30.2. The predicted octanol–water partition coefficient (Wildman–Crippen LogP) is 1.98. The molecule has 150 valence electrons. The van der Waals surface area contributed by atoms with Crippen LogP contribution in [-0.4, -0.2) is 56.2 Å². The van der Waals surface area contributed by atoms with Gasteiger partial charge in [0.15, 0.2) is 11.3 Å². The first-order valence-corrected chi connectivity index (χ1v) is 9.65. The third-order valence-electron chi connectivity index (χ3n) is 5.05. The third-order valence-corrected chi connectivity index (χ3v) is 5.05. The lowest BCUT2D eigenvalue weighted by molar-refractivity contribution is 0.0519. The molecule has 0 atom stereocenters. The van der Waals surface area contributed by atoms with Gasteiger partial charge in [-0.3, -0.25) is 4.90 Å². The predicted molar refractivity (Wildman–Crippen MR) is 101 cm³/mol. The number of hydrogen-bond donors (Lipinski definition) is 0. The summed E-state index contributed by atoms with van der Waals surface area (Å²) in [6, 6.07) is 2.05. The van der Waals surface area contributed by atoms with Crippen LogP contribution in [0.15, 0.2) is 24.7 Å². The average Bonchev–Trinajstić information content (AvgIpc) is 3.09. The van der Waals surface area contributed by atoms with Gasteiger partial charge in [0.1, 0.15) is 6.61 Å². The molecule has 2 fully saturated rings. The van der Waals surface area contributed by atoms with Crippen molar-refractivity contribution in [3.05, 3.63) is 41.6 Å². The molecule has 1 saturated carbocycles. The number of rotatable bonds is 6. The van der Waals surface area contributed by atoms with Gasteiger partial charge in [-0.25, -0.2) is 19.3 Å². The molecule has 10 nitrogen and oxygen atoms in total. The van der Waals surface area contributed by atoms with Gasteiger partial charge in [-0.1, -0.05) is 5.21 Å². The Morgan fingerprint density at radius 2 is 2.17 bits per heavy atom. The highest BCUT2D eigenvalue weighted by atomic mass is 16.6. The number of pyridine rings is 1. The molecule has 1 aliphatic carbocycles. The molecular weight excluding hydrogens is 376 g/mol. The topological polar surface area (TPSA) is 104 Å². The second-order valence-corrected chi connectivity index (χ2v) is 7.18. The second-order valence-electron chi connectivity index (χ2n) is 7.18. The molecule has 29 heavy (non-hydrogen) atoms. The molecule has 0 spiro atoms. The maximum absolute atomic E-state index is 12.1. The maximum atomic E-state index is 12.1. The van der Waals surface area contributed by atoms with Crippen LogP contribution in [0.1, 0.15) is 47.4 Å². The quantitative estimate of drug-likeness (QED) is 0.587. The lowest BCUT2D eigenvalue weighted by Crippen LogP contribution is -2.24. The Kier molecular flexibility index (Phi) is 4.18. The summed E-state index contributed by atoms with van der Waals surface area (Å²) < 4.78 is 13.5. The summed E-state index contributed by atoms with van der Waals surface area (Å²) in [5.41, 5.74) is 3.55. The summed E-state index contributed by atoms with van der Waals surface area (Å²) in [5.74, 6) is 0.0303. The van der Waals surface area contributed by atoms with Crippen LogP contribution in [0.25, 0.3) is 5.65 Å². The van der Waals surface area contributed by atoms with Crippen molar-refractivity contribution in [2.24, 2.45) is 0 Å². The molecule has 0 radical (unpaired) electrons. The Morgan fingerprint density at radius 1 is 1.31 bits per heavy atom. The Balaban J connectivity index is 1.48. The number of aromatic nitrogens is 5. The van der Waals surface area contributed by atoms with E-state index in [2.05, 4.69) is 16.5 Å². The highest BCUT2D eigenvalue weighted by Crippen LogP contribution is 2.42. The largest absolute Gasteiger partial charge is 0.461 e. The van der Waals surface area contributed by atoms with Gasteiger partial charge < -0.3 is 13.9 Å². The molecule has 3 aromatic heterocycles. The second kappa shape index (κ2) is 6.87. The minimum atomic E-state index is -0.502. The van der Waals surface area contributed by atoms with Crippen molar-refractivity contribution in [1.82, 2.24) is 24.4 Å². The fourth-order valence-electron chi connectivity index (χ4n) is 3.52. The van der Waals surface area contributed by atoms with Crippen molar-refractivity contribution >= 4 is 23.4 Å². The fourth-order valence-corrected chi connectivity index (χ4v) is 3.52. The molecule has 1 saturated heterocycles. The molecule has 5 rings (SSSR count). The average molecular weight is 396 g/mol. The third kappa shape index (κ3) is 3.30. The van der Waals surface area contributed by atoms with Crippen LogP contribution in [0.5, 0.6) is 0 Å². The van der Waals surface area contributed by atoms with Crippen LogP contribution in [0.2, 0.25) is 0 Å². The SMILES string of the molecule is CCOC(=O)c1cn(Cc2cn3cc(C4CC4)cc(N4CCOC4=O)c3n2)nn1. The summed E-state index contributed by atoms with van der Waals surface area (Å²) in [5, 5.41) is 7.84. The van der Waals surface area contributed by atoms with Crippen LogP contribution in [-0.2, 0) is 16.0 Å². The number of imidazole rings is 1. The number of amides is 1. The van der Waals surface area contributed by atoms with Crippen LogP contribution >= 0.6 is 0 Å². The van der Waals surface area contributed by atoms with Crippen molar-refractivity contribution in [3.8, 4) is 0 Å². The monoisotopic (exact) mass is 396 g/mol. The fraction of sp³-hybridized carbons (Fsp3) is 0.421. The van der Waals surface area contributed by atoms with E-state index in [1.807, 2.05) is 16.7 Å². The van der Waals surface area contributed by atoms with Crippen molar-refractivity contribution in [3.63, 3.8) is 0 Å². The van der Waals surface area contributed by atoms with E-state index in [-0.39, 0.29) is 18.4 Å². The zero-order chi connectivity index (χ0) is 20.0. The number of ether oxygens (including phenoxy) is 2. The number of carbonyl (C=O) groups is 2. The van der Waals surface area contributed by atoms with E-state index in [4.69, 9.17) is 14.5 Å². The molecule has 0 aromatic carbocycles. The number of fused-ring (bicyclic) bond motifs is 1. The number of hydrogen-bond acceptors (Lipinski definition) is 7. The zero-order valence-electron chi connectivity index (χ0n) is 15.9. The molecule has 3 aromatic rings. The van der Waals surface area contributed by atoms with Crippen molar-refractivity contribution in [1.29, 1.82) is 0 Å². The Labute approximate surface area is 166 Å². The van der Waals surface area contributed by atoms with Crippen LogP contribution in [0.4, 0.5) is 10.5 Å². The standard InChI is InChI=1S/C19H20N6O4/c1-2-28-18(26)15-11-24(22-21-15)10-14-9-23-8-13(12-3-4-12)7-16(17(23)20-14)25-5-6-29-19(25)27/h7-9,11-12H,2-6,10H2,1H3. The molecule has 10 heteroatoms. The van der Waals surface area contributed by atoms with Crippen LogP contribution in [0.3, 0.4) is 0 Å². The molecule has 0 bridgehead atoms. The van der Waals surface area contributed by atoms with Gasteiger partial charge in [0.25, 0.3) is 0 Å². The smallest absolute Gasteiger partial charge is 0.414 e. The Morgan fingerprint density at radius 3 is 2.90 bits per heavy atom. The molecule has 1 aliphatic heterocycles. The Hall–Kier alpha value is -3.43. The molecular formula is C19H20N6O4. The van der Waals surface area contributed by atoms with E-state index in [0.717, 1.165) is 24.2 Å². The van der Waals surface area contributed by atoms with Gasteiger partial charge in [0.2, 0.25) is 0 Å². The first-order valence-electron chi connectivity index (χ1n) is 9.65.